The number of rotatable bonds is 1. The molecule has 1 aliphatic rings. The van der Waals surface area contributed by atoms with Crippen molar-refractivity contribution in [3.8, 4) is 0 Å². The van der Waals surface area contributed by atoms with Gasteiger partial charge >= 0.3 is 6.18 Å². The Bertz CT molecular complexity index is 400. The van der Waals surface area contributed by atoms with Crippen LogP contribution in [0.25, 0.3) is 0 Å². The second kappa shape index (κ2) is 4.52. The van der Waals surface area contributed by atoms with E-state index < -0.39 is 11.9 Å². The minimum atomic E-state index is -4.39. The molecule has 0 unspecified atom stereocenters. The summed E-state index contributed by atoms with van der Waals surface area (Å²) in [6.45, 7) is 3.97. The van der Waals surface area contributed by atoms with Crippen LogP contribution in [0.2, 0.25) is 0 Å². The molecule has 17 heavy (non-hydrogen) atoms. The fourth-order valence-electron chi connectivity index (χ4n) is 1.77. The molecule has 1 aliphatic heterocycles. The third kappa shape index (κ3) is 2.69. The average Bonchev–Trinajstić information content (AvgIpc) is 2.29. The second-order valence-electron chi connectivity index (χ2n) is 3.93. The maximum absolute atomic E-state index is 12.6. The Balaban J connectivity index is 2.31. The van der Waals surface area contributed by atoms with Crippen molar-refractivity contribution in [2.75, 3.05) is 31.2 Å². The number of alkyl halides is 3. The molecule has 2 heterocycles. The van der Waals surface area contributed by atoms with Gasteiger partial charge in [0.2, 0.25) is 0 Å². The van der Waals surface area contributed by atoms with Crippen LogP contribution >= 0.6 is 0 Å². The molecule has 1 saturated heterocycles. The standard InChI is InChI=1S/C11H13F3N2O/c1-8-2-3-9(11(12,13)14)15-10(8)16-4-6-17-7-5-16/h2-3H,4-7H2,1H3. The van der Waals surface area contributed by atoms with Gasteiger partial charge in [-0.15, -0.1) is 0 Å². The maximum atomic E-state index is 12.6. The molecule has 1 fully saturated rings. The topological polar surface area (TPSA) is 25.4 Å². The van der Waals surface area contributed by atoms with Gasteiger partial charge in [-0.1, -0.05) is 6.07 Å². The Kier molecular flexibility index (Phi) is 3.24. The predicted molar refractivity (Wildman–Crippen MR) is 57.0 cm³/mol. The molecule has 0 bridgehead atoms. The summed E-state index contributed by atoms with van der Waals surface area (Å²) in [5, 5.41) is 0. The molecule has 0 aromatic carbocycles. The lowest BCUT2D eigenvalue weighted by Gasteiger charge is -2.29. The summed E-state index contributed by atoms with van der Waals surface area (Å²) in [5.74, 6) is 0.406. The summed E-state index contributed by atoms with van der Waals surface area (Å²) in [4.78, 5) is 5.54. The highest BCUT2D eigenvalue weighted by molar-refractivity contribution is 5.47. The molecule has 94 valence electrons. The second-order valence-corrected chi connectivity index (χ2v) is 3.93. The molecule has 3 nitrogen and oxygen atoms in total. The van der Waals surface area contributed by atoms with E-state index in [1.165, 1.54) is 6.07 Å². The van der Waals surface area contributed by atoms with E-state index >= 15 is 0 Å². The number of aromatic nitrogens is 1. The van der Waals surface area contributed by atoms with Gasteiger partial charge in [0.1, 0.15) is 11.5 Å². The molecule has 0 aliphatic carbocycles. The van der Waals surface area contributed by atoms with Crippen LogP contribution in [0.4, 0.5) is 19.0 Å². The smallest absolute Gasteiger partial charge is 0.378 e. The van der Waals surface area contributed by atoms with Crippen molar-refractivity contribution in [2.24, 2.45) is 0 Å². The number of halogens is 3. The lowest BCUT2D eigenvalue weighted by molar-refractivity contribution is -0.141. The highest BCUT2D eigenvalue weighted by atomic mass is 19.4. The third-order valence-corrected chi connectivity index (χ3v) is 2.67. The Hall–Kier alpha value is -1.30. The van der Waals surface area contributed by atoms with Crippen LogP contribution in [-0.4, -0.2) is 31.3 Å². The summed E-state index contributed by atoms with van der Waals surface area (Å²) in [6, 6.07) is 2.47. The molecule has 0 spiro atoms. The van der Waals surface area contributed by atoms with Crippen molar-refractivity contribution in [2.45, 2.75) is 13.1 Å². The molecule has 0 atom stereocenters. The summed E-state index contributed by atoms with van der Waals surface area (Å²) in [6.07, 6.45) is -4.39. The number of hydrogen-bond acceptors (Lipinski definition) is 3. The van der Waals surface area contributed by atoms with Gasteiger partial charge in [0.05, 0.1) is 13.2 Å². The summed E-state index contributed by atoms with van der Waals surface area (Å²) in [7, 11) is 0. The van der Waals surface area contributed by atoms with E-state index in [1.807, 2.05) is 4.90 Å². The first-order chi connectivity index (χ1) is 7.98. The van der Waals surface area contributed by atoms with E-state index in [-0.39, 0.29) is 0 Å². The van der Waals surface area contributed by atoms with Crippen molar-refractivity contribution >= 4 is 5.82 Å². The fraction of sp³-hybridized carbons (Fsp3) is 0.545. The van der Waals surface area contributed by atoms with E-state index in [1.54, 1.807) is 6.92 Å². The number of anilines is 1. The van der Waals surface area contributed by atoms with Crippen LogP contribution in [0, 0.1) is 6.92 Å². The van der Waals surface area contributed by atoms with Crippen molar-refractivity contribution in [1.29, 1.82) is 0 Å². The average molecular weight is 246 g/mol. The Morgan fingerprint density at radius 1 is 1.24 bits per heavy atom. The first-order valence-corrected chi connectivity index (χ1v) is 5.36. The molecule has 6 heteroatoms. The molecule has 0 N–H and O–H groups in total. The molecule has 0 amide bonds. The first kappa shape index (κ1) is 12.2. The van der Waals surface area contributed by atoms with E-state index in [0.717, 1.165) is 11.6 Å². The van der Waals surface area contributed by atoms with Gasteiger partial charge in [0.15, 0.2) is 0 Å². The molecular weight excluding hydrogens is 233 g/mol. The van der Waals surface area contributed by atoms with Crippen molar-refractivity contribution in [3.05, 3.63) is 23.4 Å². The lowest BCUT2D eigenvalue weighted by Crippen LogP contribution is -2.37. The van der Waals surface area contributed by atoms with Gasteiger partial charge in [-0.25, -0.2) is 4.98 Å². The van der Waals surface area contributed by atoms with E-state index in [4.69, 9.17) is 4.74 Å². The normalized spacial score (nSPS) is 17.3. The van der Waals surface area contributed by atoms with Gasteiger partial charge in [0.25, 0.3) is 0 Å². The minimum absolute atomic E-state index is 0.406. The first-order valence-electron chi connectivity index (χ1n) is 5.36. The highest BCUT2D eigenvalue weighted by Gasteiger charge is 2.33. The zero-order chi connectivity index (χ0) is 12.5. The number of morpholine rings is 1. The number of hydrogen-bond donors (Lipinski definition) is 0. The molecular formula is C11H13F3N2O. The summed E-state index contributed by atoms with van der Waals surface area (Å²) >= 11 is 0. The number of ether oxygens (including phenoxy) is 1. The number of nitrogens with zero attached hydrogens (tertiary/aromatic N) is 2. The van der Waals surface area contributed by atoms with Crippen LogP contribution in [0.15, 0.2) is 12.1 Å². The fourth-order valence-corrected chi connectivity index (χ4v) is 1.77. The Morgan fingerprint density at radius 3 is 2.47 bits per heavy atom. The van der Waals surface area contributed by atoms with Gasteiger partial charge in [-0.3, -0.25) is 0 Å². The number of pyridine rings is 1. The highest BCUT2D eigenvalue weighted by Crippen LogP contribution is 2.30. The Labute approximate surface area is 97.2 Å². The lowest BCUT2D eigenvalue weighted by atomic mass is 10.2. The van der Waals surface area contributed by atoms with Crippen LogP contribution < -0.4 is 4.90 Å². The summed E-state index contributed by atoms with van der Waals surface area (Å²) < 4.78 is 42.9. The maximum Gasteiger partial charge on any atom is 0.433 e. The van der Waals surface area contributed by atoms with Crippen LogP contribution in [0.3, 0.4) is 0 Å². The van der Waals surface area contributed by atoms with Crippen molar-refractivity contribution < 1.29 is 17.9 Å². The third-order valence-electron chi connectivity index (χ3n) is 2.67. The number of aryl methyl sites for hydroxylation is 1. The van der Waals surface area contributed by atoms with E-state index in [9.17, 15) is 13.2 Å². The van der Waals surface area contributed by atoms with Gasteiger partial charge in [-0.2, -0.15) is 13.2 Å². The van der Waals surface area contributed by atoms with Crippen LogP contribution in [0.1, 0.15) is 11.3 Å². The monoisotopic (exact) mass is 246 g/mol. The minimum Gasteiger partial charge on any atom is -0.378 e. The molecule has 0 radical (unpaired) electrons. The van der Waals surface area contributed by atoms with Crippen LogP contribution in [0.5, 0.6) is 0 Å². The van der Waals surface area contributed by atoms with Crippen molar-refractivity contribution in [3.63, 3.8) is 0 Å². The molecule has 1 aromatic heterocycles. The van der Waals surface area contributed by atoms with Gasteiger partial charge < -0.3 is 9.64 Å². The molecule has 1 aromatic rings. The quantitative estimate of drug-likeness (QED) is 0.760. The van der Waals surface area contributed by atoms with Gasteiger partial charge in [0, 0.05) is 13.1 Å². The molecule has 0 saturated carbocycles. The zero-order valence-electron chi connectivity index (χ0n) is 9.42. The van der Waals surface area contributed by atoms with E-state index in [2.05, 4.69) is 4.98 Å². The SMILES string of the molecule is Cc1ccc(C(F)(F)F)nc1N1CCOCC1. The molecule has 2 rings (SSSR count). The van der Waals surface area contributed by atoms with E-state index in [0.29, 0.717) is 32.1 Å². The zero-order valence-corrected chi connectivity index (χ0v) is 9.42. The van der Waals surface area contributed by atoms with Gasteiger partial charge in [-0.05, 0) is 18.6 Å². The Morgan fingerprint density at radius 2 is 1.88 bits per heavy atom. The van der Waals surface area contributed by atoms with Crippen molar-refractivity contribution in [1.82, 2.24) is 4.98 Å². The summed E-state index contributed by atoms with van der Waals surface area (Å²) in [5.41, 5.74) is -0.0931. The van der Waals surface area contributed by atoms with Crippen LogP contribution in [-0.2, 0) is 10.9 Å². The predicted octanol–water partition coefficient (Wildman–Crippen LogP) is 2.25. The largest absolute Gasteiger partial charge is 0.433 e.